The average molecular weight is 343 g/mol. The molecule has 4 heteroatoms. The second-order valence-corrected chi connectivity index (χ2v) is 8.56. The molecule has 0 aliphatic heterocycles. The summed E-state index contributed by atoms with van der Waals surface area (Å²) in [7, 11) is 0. The molecule has 3 nitrogen and oxygen atoms in total. The molecule has 0 aromatic heterocycles. The van der Waals surface area contributed by atoms with Crippen LogP contribution in [0.3, 0.4) is 0 Å². The first-order chi connectivity index (χ1) is 10.5. The molecule has 2 bridgehead atoms. The zero-order chi connectivity index (χ0) is 15.7. The fourth-order valence-electron chi connectivity index (χ4n) is 5.25. The first kappa shape index (κ1) is 19.1. The van der Waals surface area contributed by atoms with Crippen LogP contribution >= 0.6 is 12.4 Å². The van der Waals surface area contributed by atoms with Crippen molar-refractivity contribution in [3.63, 3.8) is 0 Å². The van der Waals surface area contributed by atoms with Gasteiger partial charge in [0.25, 0.3) is 0 Å². The summed E-state index contributed by atoms with van der Waals surface area (Å²) in [4.78, 5) is 12.7. The molecule has 2 atom stereocenters. The summed E-state index contributed by atoms with van der Waals surface area (Å²) in [5.74, 6) is 3.41. The Labute approximate surface area is 147 Å². The van der Waals surface area contributed by atoms with Crippen molar-refractivity contribution in [2.45, 2.75) is 83.7 Å². The summed E-state index contributed by atoms with van der Waals surface area (Å²) < 4.78 is 0. The Morgan fingerprint density at radius 1 is 1.00 bits per heavy atom. The van der Waals surface area contributed by atoms with Gasteiger partial charge >= 0.3 is 0 Å². The van der Waals surface area contributed by atoms with Gasteiger partial charge in [-0.05, 0) is 75.0 Å². The number of hydrogen-bond donors (Lipinski definition) is 2. The molecule has 0 aromatic carbocycles. The predicted molar refractivity (Wildman–Crippen MR) is 97.5 cm³/mol. The number of rotatable bonds is 3. The van der Waals surface area contributed by atoms with Crippen LogP contribution in [0, 0.1) is 29.6 Å². The molecule has 3 aliphatic carbocycles. The zero-order valence-electron chi connectivity index (χ0n) is 14.8. The summed E-state index contributed by atoms with van der Waals surface area (Å²) in [6.07, 6.45) is 10.8. The lowest BCUT2D eigenvalue weighted by atomic mass is 9.65. The van der Waals surface area contributed by atoms with Gasteiger partial charge in [0, 0.05) is 18.0 Å². The molecule has 3 rings (SSSR count). The Morgan fingerprint density at radius 3 is 2.09 bits per heavy atom. The molecule has 0 spiro atoms. The van der Waals surface area contributed by atoms with Crippen LogP contribution in [0.25, 0.3) is 0 Å². The maximum Gasteiger partial charge on any atom is 0.223 e. The van der Waals surface area contributed by atoms with Gasteiger partial charge in [-0.25, -0.2) is 0 Å². The van der Waals surface area contributed by atoms with Crippen molar-refractivity contribution in [2.75, 3.05) is 0 Å². The third kappa shape index (κ3) is 4.42. The van der Waals surface area contributed by atoms with E-state index in [1.807, 2.05) is 0 Å². The smallest absolute Gasteiger partial charge is 0.223 e. The molecule has 3 N–H and O–H groups in total. The molecule has 3 saturated carbocycles. The predicted octanol–water partition coefficient (Wildman–Crippen LogP) is 3.89. The highest BCUT2D eigenvalue weighted by molar-refractivity contribution is 5.85. The van der Waals surface area contributed by atoms with E-state index in [-0.39, 0.29) is 18.3 Å². The number of fused-ring (bicyclic) bond motifs is 2. The normalized spacial score (nSPS) is 40.3. The molecule has 0 saturated heterocycles. The SMILES string of the molecule is CC(C)C1CCC(NC(=O)C2CC3CCCC(C2)C3N)CC1.Cl. The molecule has 3 fully saturated rings. The quantitative estimate of drug-likeness (QED) is 0.817. The molecule has 0 aromatic rings. The third-order valence-corrected chi connectivity index (χ3v) is 6.84. The number of halogens is 1. The van der Waals surface area contributed by atoms with E-state index in [2.05, 4.69) is 19.2 Å². The van der Waals surface area contributed by atoms with E-state index in [0.717, 1.165) is 24.7 Å². The molecule has 0 radical (unpaired) electrons. The standard InChI is InChI=1S/C19H34N2O.ClH/c1-12(2)13-6-8-17(9-7-13)21-19(22)16-10-14-4-3-5-15(11-16)18(14)20;/h12-18H,3-11,20H2,1-2H3,(H,21,22);1H. The Balaban J connectivity index is 0.00000192. The van der Waals surface area contributed by atoms with Gasteiger partial charge in [0.1, 0.15) is 0 Å². The van der Waals surface area contributed by atoms with Gasteiger partial charge in [-0.3, -0.25) is 4.79 Å². The third-order valence-electron chi connectivity index (χ3n) is 6.84. The van der Waals surface area contributed by atoms with Crippen LogP contribution in [0.4, 0.5) is 0 Å². The van der Waals surface area contributed by atoms with Crippen LogP contribution in [0.5, 0.6) is 0 Å². The first-order valence-electron chi connectivity index (χ1n) is 9.60. The number of amides is 1. The topological polar surface area (TPSA) is 55.1 Å². The van der Waals surface area contributed by atoms with Crippen LogP contribution in [0.1, 0.15) is 71.6 Å². The van der Waals surface area contributed by atoms with Gasteiger partial charge in [-0.1, -0.05) is 20.3 Å². The van der Waals surface area contributed by atoms with Crippen molar-refractivity contribution in [2.24, 2.45) is 35.3 Å². The second-order valence-electron chi connectivity index (χ2n) is 8.56. The minimum atomic E-state index is 0. The van der Waals surface area contributed by atoms with Gasteiger partial charge in [0.2, 0.25) is 5.91 Å². The van der Waals surface area contributed by atoms with Crippen molar-refractivity contribution in [3.8, 4) is 0 Å². The van der Waals surface area contributed by atoms with E-state index in [4.69, 9.17) is 5.73 Å². The van der Waals surface area contributed by atoms with Crippen molar-refractivity contribution < 1.29 is 4.79 Å². The fraction of sp³-hybridized carbons (Fsp3) is 0.947. The number of nitrogens with one attached hydrogen (secondary N) is 1. The molecule has 1 amide bonds. The van der Waals surface area contributed by atoms with Crippen LogP contribution in [0.15, 0.2) is 0 Å². The van der Waals surface area contributed by atoms with E-state index >= 15 is 0 Å². The number of carbonyl (C=O) groups is 1. The van der Waals surface area contributed by atoms with E-state index in [9.17, 15) is 4.79 Å². The molecule has 134 valence electrons. The minimum absolute atomic E-state index is 0. The Bertz CT molecular complexity index is 379. The van der Waals surface area contributed by atoms with Crippen LogP contribution < -0.4 is 11.1 Å². The minimum Gasteiger partial charge on any atom is -0.353 e. The van der Waals surface area contributed by atoms with Crippen LogP contribution in [-0.2, 0) is 4.79 Å². The molecule has 3 aliphatic rings. The Kier molecular flexibility index (Phi) is 6.79. The Hall–Kier alpha value is -0.280. The lowest BCUT2D eigenvalue weighted by Crippen LogP contribution is -2.50. The van der Waals surface area contributed by atoms with Crippen molar-refractivity contribution in [3.05, 3.63) is 0 Å². The molecular formula is C19H35ClN2O. The second kappa shape index (κ2) is 8.20. The van der Waals surface area contributed by atoms with Crippen LogP contribution in [-0.4, -0.2) is 18.0 Å². The lowest BCUT2D eigenvalue weighted by Gasteiger charge is -2.44. The summed E-state index contributed by atoms with van der Waals surface area (Å²) in [6, 6.07) is 0.789. The summed E-state index contributed by atoms with van der Waals surface area (Å²) in [5, 5.41) is 3.37. The highest BCUT2D eigenvalue weighted by Crippen LogP contribution is 2.42. The fourth-order valence-corrected chi connectivity index (χ4v) is 5.25. The van der Waals surface area contributed by atoms with Gasteiger partial charge in [0.05, 0.1) is 0 Å². The lowest BCUT2D eigenvalue weighted by molar-refractivity contribution is -0.129. The van der Waals surface area contributed by atoms with Gasteiger partial charge in [0.15, 0.2) is 0 Å². The van der Waals surface area contributed by atoms with Crippen molar-refractivity contribution >= 4 is 18.3 Å². The molecule has 23 heavy (non-hydrogen) atoms. The zero-order valence-corrected chi connectivity index (χ0v) is 15.6. The van der Waals surface area contributed by atoms with Gasteiger partial charge < -0.3 is 11.1 Å². The van der Waals surface area contributed by atoms with Gasteiger partial charge in [-0.2, -0.15) is 0 Å². The molecule has 2 unspecified atom stereocenters. The summed E-state index contributed by atoms with van der Waals surface area (Å²) in [5.41, 5.74) is 6.34. The molecular weight excluding hydrogens is 308 g/mol. The van der Waals surface area contributed by atoms with E-state index < -0.39 is 0 Å². The van der Waals surface area contributed by atoms with E-state index in [1.54, 1.807) is 0 Å². The maximum atomic E-state index is 12.7. The first-order valence-corrected chi connectivity index (χ1v) is 9.60. The monoisotopic (exact) mass is 342 g/mol. The van der Waals surface area contributed by atoms with E-state index in [0.29, 0.717) is 29.8 Å². The number of hydrogen-bond acceptors (Lipinski definition) is 2. The van der Waals surface area contributed by atoms with Crippen LogP contribution in [0.2, 0.25) is 0 Å². The molecule has 0 heterocycles. The summed E-state index contributed by atoms with van der Waals surface area (Å²) >= 11 is 0. The van der Waals surface area contributed by atoms with E-state index in [1.165, 1.54) is 44.9 Å². The highest BCUT2D eigenvalue weighted by atomic mass is 35.5. The number of carbonyl (C=O) groups excluding carboxylic acids is 1. The largest absolute Gasteiger partial charge is 0.353 e. The maximum absolute atomic E-state index is 12.7. The van der Waals surface area contributed by atoms with Gasteiger partial charge in [-0.15, -0.1) is 12.4 Å². The Morgan fingerprint density at radius 2 is 1.57 bits per heavy atom. The average Bonchev–Trinajstić information content (AvgIpc) is 2.47. The summed E-state index contributed by atoms with van der Waals surface area (Å²) in [6.45, 7) is 4.65. The van der Waals surface area contributed by atoms with Crippen molar-refractivity contribution in [1.82, 2.24) is 5.32 Å². The van der Waals surface area contributed by atoms with Crippen molar-refractivity contribution in [1.29, 1.82) is 0 Å². The highest BCUT2D eigenvalue weighted by Gasteiger charge is 2.40. The number of nitrogens with two attached hydrogens (primary N) is 1.